The number of alkyl halides is 2. The van der Waals surface area contributed by atoms with Crippen LogP contribution in [0.3, 0.4) is 0 Å². The molecule has 4 rings (SSSR count). The van der Waals surface area contributed by atoms with E-state index in [1.165, 1.54) is 19.9 Å². The Hall–Kier alpha value is -1.36. The summed E-state index contributed by atoms with van der Waals surface area (Å²) in [6, 6.07) is 17.0. The van der Waals surface area contributed by atoms with Gasteiger partial charge in [0.15, 0.2) is 0 Å². The van der Waals surface area contributed by atoms with E-state index in [1.54, 1.807) is 0 Å². The summed E-state index contributed by atoms with van der Waals surface area (Å²) in [5.41, 5.74) is 12.7. The predicted octanol–water partition coefficient (Wildman–Crippen LogP) is 8.39. The molecule has 6 heteroatoms. The second-order valence-electron chi connectivity index (χ2n) is 13.0. The third kappa shape index (κ3) is 6.18. The van der Waals surface area contributed by atoms with Gasteiger partial charge in [0.1, 0.15) is 0 Å². The number of aryl methyl sites for hydroxylation is 12. The number of halogens is 4. The number of benzene rings is 4. The summed E-state index contributed by atoms with van der Waals surface area (Å²) >= 11 is 15.0. The van der Waals surface area contributed by atoms with Gasteiger partial charge >= 0.3 is 289 Å². The monoisotopic (exact) mass is 772 g/mol. The Kier molecular flexibility index (Phi) is 10.5. The molecule has 0 nitrogen and oxygen atoms in total. The second-order valence-corrected chi connectivity index (χ2v) is 27.9. The summed E-state index contributed by atoms with van der Waals surface area (Å²) in [4.78, 5) is 0. The fraction of sp³-hybridized carbons (Fsp3) is 0.342. The van der Waals surface area contributed by atoms with Gasteiger partial charge < -0.3 is 0 Å². The molecule has 0 atom stereocenters. The number of rotatable bonds is 6. The second kappa shape index (κ2) is 13.0. The Morgan fingerprint density at radius 3 is 0.977 bits per heavy atom. The van der Waals surface area contributed by atoms with E-state index in [4.69, 9.17) is 34.8 Å². The normalized spacial score (nSPS) is 12.1. The van der Waals surface area contributed by atoms with Gasteiger partial charge in [0.2, 0.25) is 0 Å². The van der Waals surface area contributed by atoms with Crippen LogP contribution in [0.1, 0.15) is 66.8 Å². The Morgan fingerprint density at radius 2 is 0.727 bits per heavy atom. The maximum absolute atomic E-state index is 19.4. The molecule has 0 aliphatic heterocycles. The molecule has 44 heavy (non-hydrogen) atoms. The molecular formula is C38H44Cl3FGe2. The molecule has 0 aromatic heterocycles. The summed E-state index contributed by atoms with van der Waals surface area (Å²) in [5, 5.41) is 0. The van der Waals surface area contributed by atoms with Crippen molar-refractivity contribution >= 4 is 83.8 Å². The SMILES string of the molecule is Cc1cc(C)[c]([Ge](=[C](Cl)[C](Cl)(Cl)[Ge]([F])([c]2c(C)cc(C)cc2C)[c]2c(C)cc(C)cc2C)[c]2c(C)cc(C)cc2C)c(C)c1. The van der Waals surface area contributed by atoms with Gasteiger partial charge in [-0.05, 0) is 0 Å². The summed E-state index contributed by atoms with van der Waals surface area (Å²) in [5.74, 6) is 0. The minimum atomic E-state index is -5.30. The molecular weight excluding hydrogens is 727 g/mol. The number of hydrogen-bond acceptors (Lipinski definition) is 0. The third-order valence-corrected chi connectivity index (χ3v) is 31.1. The van der Waals surface area contributed by atoms with Crippen LogP contribution in [0.25, 0.3) is 0 Å². The zero-order valence-electron chi connectivity index (χ0n) is 28.1. The van der Waals surface area contributed by atoms with Crippen molar-refractivity contribution in [3.8, 4) is 0 Å². The first-order chi connectivity index (χ1) is 20.3. The van der Waals surface area contributed by atoms with Gasteiger partial charge in [0, 0.05) is 0 Å². The fourth-order valence-corrected chi connectivity index (χ4v) is 29.2. The van der Waals surface area contributed by atoms with E-state index < -0.39 is 30.8 Å². The standard InChI is InChI=1S/C38H44Cl3FGe2/c1-21-13-25(5)33(26(6)14-21)43(34-27(7)15-22(2)16-28(34)8)37(39)38(40,41)44(42,35-29(9)17-23(3)18-30(35)10)36-31(11)19-24(4)20-32(36)12/h13-20H,1-12H3. The van der Waals surface area contributed by atoms with Crippen molar-refractivity contribution in [3.63, 3.8) is 0 Å². The molecule has 0 fully saturated rings. The topological polar surface area (TPSA) is 0 Å². The average Bonchev–Trinajstić information content (AvgIpc) is 2.84. The minimum absolute atomic E-state index is 0.396. The van der Waals surface area contributed by atoms with Crippen molar-refractivity contribution in [1.29, 1.82) is 0 Å². The van der Waals surface area contributed by atoms with Gasteiger partial charge in [-0.15, -0.1) is 0 Å². The average molecular weight is 771 g/mol. The summed E-state index contributed by atoms with van der Waals surface area (Å²) in [6.45, 7) is 24.8. The van der Waals surface area contributed by atoms with Crippen LogP contribution in [0.4, 0.5) is 3.50 Å². The molecule has 232 valence electrons. The van der Waals surface area contributed by atoms with Crippen LogP contribution in [-0.4, -0.2) is 34.6 Å². The number of hydrogen-bond donors (Lipinski definition) is 0. The van der Waals surface area contributed by atoms with Crippen LogP contribution >= 0.6 is 34.8 Å². The van der Waals surface area contributed by atoms with E-state index in [0.29, 0.717) is 12.6 Å². The maximum atomic E-state index is 19.4. The first-order valence-corrected chi connectivity index (χ1v) is 23.3. The summed E-state index contributed by atoms with van der Waals surface area (Å²) in [7, 11) is 0. The fourth-order valence-electron chi connectivity index (χ4n) is 7.69. The van der Waals surface area contributed by atoms with E-state index in [9.17, 15) is 0 Å². The van der Waals surface area contributed by atoms with Crippen LogP contribution < -0.4 is 17.6 Å². The predicted molar refractivity (Wildman–Crippen MR) is 199 cm³/mol. The molecule has 0 unspecified atom stereocenters. The molecule has 0 aliphatic rings. The molecule has 4 aromatic carbocycles. The third-order valence-electron chi connectivity index (χ3n) is 8.82. The molecule has 4 aromatic rings. The van der Waals surface area contributed by atoms with Crippen molar-refractivity contribution in [2.45, 2.75) is 86.3 Å². The van der Waals surface area contributed by atoms with Gasteiger partial charge in [0.25, 0.3) is 0 Å². The van der Waals surface area contributed by atoms with Gasteiger partial charge in [-0.3, -0.25) is 0 Å². The zero-order chi connectivity index (χ0) is 33.0. The van der Waals surface area contributed by atoms with Crippen LogP contribution in [-0.2, 0) is 0 Å². The molecule has 0 heterocycles. The molecule has 0 spiro atoms. The molecule has 0 amide bonds. The van der Waals surface area contributed by atoms with Crippen molar-refractivity contribution in [2.75, 3.05) is 0 Å². The first kappa shape index (κ1) is 35.5. The van der Waals surface area contributed by atoms with E-state index >= 15 is 3.50 Å². The Bertz CT molecular complexity index is 1630. The van der Waals surface area contributed by atoms with E-state index in [1.807, 2.05) is 41.5 Å². The summed E-state index contributed by atoms with van der Waals surface area (Å²) in [6.07, 6.45) is 0. The summed E-state index contributed by atoms with van der Waals surface area (Å²) < 4.78 is 21.6. The van der Waals surface area contributed by atoms with Crippen LogP contribution in [0.5, 0.6) is 0 Å². The van der Waals surface area contributed by atoms with Crippen molar-refractivity contribution in [1.82, 2.24) is 0 Å². The van der Waals surface area contributed by atoms with Crippen molar-refractivity contribution < 1.29 is 3.50 Å². The zero-order valence-corrected chi connectivity index (χ0v) is 34.6. The van der Waals surface area contributed by atoms with E-state index in [0.717, 1.165) is 55.6 Å². The van der Waals surface area contributed by atoms with Gasteiger partial charge in [-0.1, -0.05) is 0 Å². The molecule has 0 aliphatic carbocycles. The quantitative estimate of drug-likeness (QED) is 0.137. The molecule has 0 saturated heterocycles. The molecule has 0 radical (unpaired) electrons. The molecule has 0 saturated carbocycles. The first-order valence-electron chi connectivity index (χ1n) is 15.1. The van der Waals surface area contributed by atoms with Crippen molar-refractivity contribution in [2.24, 2.45) is 0 Å². The van der Waals surface area contributed by atoms with E-state index in [2.05, 4.69) is 90.1 Å². The Labute approximate surface area is 286 Å². The molecule has 0 N–H and O–H groups in total. The van der Waals surface area contributed by atoms with Crippen LogP contribution in [0, 0.1) is 83.1 Å². The van der Waals surface area contributed by atoms with E-state index in [-0.39, 0.29) is 0 Å². The Morgan fingerprint density at radius 1 is 0.500 bits per heavy atom. The van der Waals surface area contributed by atoms with Gasteiger partial charge in [0.05, 0.1) is 0 Å². The molecule has 0 bridgehead atoms. The Balaban J connectivity index is 2.28. The van der Waals surface area contributed by atoms with Crippen molar-refractivity contribution in [3.05, 3.63) is 115 Å². The van der Waals surface area contributed by atoms with Gasteiger partial charge in [-0.25, -0.2) is 0 Å². The van der Waals surface area contributed by atoms with Crippen LogP contribution in [0.2, 0.25) is 0 Å². The van der Waals surface area contributed by atoms with Gasteiger partial charge in [-0.2, -0.15) is 0 Å². The van der Waals surface area contributed by atoms with Crippen LogP contribution in [0.15, 0.2) is 48.5 Å².